The Morgan fingerprint density at radius 1 is 1.07 bits per heavy atom. The van der Waals surface area contributed by atoms with E-state index in [9.17, 15) is 8.42 Å². The molecule has 0 aliphatic rings. The minimum Gasteiger partial charge on any atom is -0.493 e. The molecule has 0 radical (unpaired) electrons. The molecule has 3 aromatic carbocycles. The number of aryl methyl sites for hydroxylation is 1. The highest BCUT2D eigenvalue weighted by molar-refractivity contribution is 9.10. The van der Waals surface area contributed by atoms with E-state index in [1.165, 1.54) is 18.3 Å². The molecule has 3 aromatic rings. The van der Waals surface area contributed by atoms with Crippen molar-refractivity contribution in [1.82, 2.24) is 4.83 Å². The number of ether oxygens (including phenoxy) is 2. The summed E-state index contributed by atoms with van der Waals surface area (Å²) in [6, 6.07) is 19.5. The molecule has 0 bridgehead atoms. The normalized spacial score (nSPS) is 11.4. The van der Waals surface area contributed by atoms with Crippen LogP contribution in [-0.4, -0.2) is 21.7 Å². The first-order valence-electron chi connectivity index (χ1n) is 9.05. The van der Waals surface area contributed by atoms with Crippen LogP contribution < -0.4 is 14.3 Å². The smallest absolute Gasteiger partial charge is 0.276 e. The molecule has 156 valence electrons. The molecule has 0 atom stereocenters. The zero-order chi connectivity index (χ0) is 21.6. The molecule has 0 aliphatic heterocycles. The molecular weight excluding hydrogens is 468 g/mol. The molecule has 0 saturated carbocycles. The molecule has 0 fully saturated rings. The quantitative estimate of drug-likeness (QED) is 0.369. The minimum atomic E-state index is -3.72. The molecular formula is C22H21BrN2O4S. The lowest BCUT2D eigenvalue weighted by Gasteiger charge is -2.14. The number of hydrogen-bond acceptors (Lipinski definition) is 5. The fourth-order valence-corrected chi connectivity index (χ4v) is 4.09. The van der Waals surface area contributed by atoms with Crippen molar-refractivity contribution in [3.63, 3.8) is 0 Å². The van der Waals surface area contributed by atoms with Gasteiger partial charge in [-0.2, -0.15) is 13.5 Å². The summed E-state index contributed by atoms with van der Waals surface area (Å²) in [6.45, 7) is 2.42. The van der Waals surface area contributed by atoms with Gasteiger partial charge in [0, 0.05) is 0 Å². The summed E-state index contributed by atoms with van der Waals surface area (Å²) >= 11 is 3.49. The number of halogens is 1. The molecule has 8 heteroatoms. The van der Waals surface area contributed by atoms with Crippen molar-refractivity contribution in [1.29, 1.82) is 0 Å². The van der Waals surface area contributed by atoms with Gasteiger partial charge in [-0.1, -0.05) is 42.5 Å². The van der Waals surface area contributed by atoms with Crippen molar-refractivity contribution in [2.45, 2.75) is 18.4 Å². The van der Waals surface area contributed by atoms with E-state index in [1.807, 2.05) is 31.2 Å². The van der Waals surface area contributed by atoms with Crippen molar-refractivity contribution in [2.75, 3.05) is 7.11 Å². The molecule has 0 amide bonds. The first-order valence-corrected chi connectivity index (χ1v) is 11.3. The average Bonchev–Trinajstić information content (AvgIpc) is 2.74. The van der Waals surface area contributed by atoms with E-state index >= 15 is 0 Å². The van der Waals surface area contributed by atoms with Crippen molar-refractivity contribution in [3.05, 3.63) is 87.9 Å². The van der Waals surface area contributed by atoms with E-state index in [-0.39, 0.29) is 4.90 Å². The van der Waals surface area contributed by atoms with E-state index in [4.69, 9.17) is 9.47 Å². The Labute approximate surface area is 184 Å². The van der Waals surface area contributed by atoms with Crippen LogP contribution in [0.5, 0.6) is 11.5 Å². The first-order chi connectivity index (χ1) is 14.4. The number of nitrogens with one attached hydrogen (secondary N) is 1. The second-order valence-corrected chi connectivity index (χ2v) is 8.93. The third-order valence-electron chi connectivity index (χ3n) is 4.33. The monoisotopic (exact) mass is 488 g/mol. The molecule has 3 rings (SSSR count). The van der Waals surface area contributed by atoms with Crippen LogP contribution in [0, 0.1) is 6.92 Å². The van der Waals surface area contributed by atoms with Gasteiger partial charge >= 0.3 is 0 Å². The summed E-state index contributed by atoms with van der Waals surface area (Å²) < 4.78 is 36.6. The largest absolute Gasteiger partial charge is 0.493 e. The van der Waals surface area contributed by atoms with E-state index < -0.39 is 10.0 Å². The van der Waals surface area contributed by atoms with Gasteiger partial charge in [0.1, 0.15) is 6.61 Å². The average molecular weight is 489 g/mol. The van der Waals surface area contributed by atoms with Crippen molar-refractivity contribution in [2.24, 2.45) is 5.10 Å². The van der Waals surface area contributed by atoms with Crippen molar-refractivity contribution >= 4 is 32.2 Å². The number of methoxy groups -OCH3 is 1. The second-order valence-electron chi connectivity index (χ2n) is 6.42. The van der Waals surface area contributed by atoms with Gasteiger partial charge in [-0.3, -0.25) is 0 Å². The van der Waals surface area contributed by atoms with E-state index in [1.54, 1.807) is 37.4 Å². The summed E-state index contributed by atoms with van der Waals surface area (Å²) in [5.41, 5.74) is 2.85. The van der Waals surface area contributed by atoms with Crippen LogP contribution in [0.1, 0.15) is 16.7 Å². The summed E-state index contributed by atoms with van der Waals surface area (Å²) in [6.07, 6.45) is 1.40. The van der Waals surface area contributed by atoms with Crippen LogP contribution in [0.3, 0.4) is 0 Å². The first kappa shape index (κ1) is 21.9. The zero-order valence-electron chi connectivity index (χ0n) is 16.5. The predicted octanol–water partition coefficient (Wildman–Crippen LogP) is 4.66. The van der Waals surface area contributed by atoms with Gasteiger partial charge in [-0.05, 0) is 63.8 Å². The fraction of sp³-hybridized carbons (Fsp3) is 0.136. The lowest BCUT2D eigenvalue weighted by atomic mass is 10.1. The van der Waals surface area contributed by atoms with Gasteiger partial charge in [0.15, 0.2) is 11.5 Å². The Balaban J connectivity index is 1.75. The molecule has 0 heterocycles. The Morgan fingerprint density at radius 2 is 1.77 bits per heavy atom. The van der Waals surface area contributed by atoms with Gasteiger partial charge < -0.3 is 9.47 Å². The Hall–Kier alpha value is -2.84. The van der Waals surface area contributed by atoms with Crippen LogP contribution in [0.4, 0.5) is 0 Å². The molecule has 0 spiro atoms. The van der Waals surface area contributed by atoms with Crippen LogP contribution in [-0.2, 0) is 16.6 Å². The third-order valence-corrected chi connectivity index (χ3v) is 6.15. The highest BCUT2D eigenvalue weighted by Gasteiger charge is 2.13. The van der Waals surface area contributed by atoms with Gasteiger partial charge in [0.25, 0.3) is 10.0 Å². The maximum absolute atomic E-state index is 12.2. The molecule has 30 heavy (non-hydrogen) atoms. The predicted molar refractivity (Wildman–Crippen MR) is 121 cm³/mol. The number of sulfonamides is 1. The highest BCUT2D eigenvalue weighted by Crippen LogP contribution is 2.37. The Bertz CT molecular complexity index is 1150. The maximum Gasteiger partial charge on any atom is 0.276 e. The number of hydrazone groups is 1. The molecule has 0 aliphatic carbocycles. The van der Waals surface area contributed by atoms with Gasteiger partial charge in [-0.15, -0.1) is 0 Å². The number of benzene rings is 3. The van der Waals surface area contributed by atoms with E-state index in [0.717, 1.165) is 11.1 Å². The van der Waals surface area contributed by atoms with Crippen LogP contribution in [0.2, 0.25) is 0 Å². The molecule has 0 unspecified atom stereocenters. The standard InChI is InChI=1S/C22H21BrN2O4S/c1-16-8-6-7-9-18(16)15-29-22-20(23)12-17(13-21(22)28-2)14-24-25-30(26,27)19-10-4-3-5-11-19/h3-14,25H,15H2,1-2H3/b24-14+. The van der Waals surface area contributed by atoms with E-state index in [2.05, 4.69) is 25.9 Å². The summed E-state index contributed by atoms with van der Waals surface area (Å²) in [5.74, 6) is 1.06. The van der Waals surface area contributed by atoms with Crippen LogP contribution in [0.15, 0.2) is 81.2 Å². The SMILES string of the molecule is COc1cc(/C=N/NS(=O)(=O)c2ccccc2)cc(Br)c1OCc1ccccc1C. The summed E-state index contributed by atoms with van der Waals surface area (Å²) in [7, 11) is -2.18. The fourth-order valence-electron chi connectivity index (χ4n) is 2.70. The van der Waals surface area contributed by atoms with Gasteiger partial charge in [0.2, 0.25) is 0 Å². The number of nitrogens with zero attached hydrogens (tertiary/aromatic N) is 1. The van der Waals surface area contributed by atoms with E-state index in [0.29, 0.717) is 28.1 Å². The van der Waals surface area contributed by atoms with Crippen LogP contribution >= 0.6 is 15.9 Å². The molecule has 0 aromatic heterocycles. The topological polar surface area (TPSA) is 77.0 Å². The van der Waals surface area contributed by atoms with Crippen molar-refractivity contribution in [3.8, 4) is 11.5 Å². The van der Waals surface area contributed by atoms with Crippen molar-refractivity contribution < 1.29 is 17.9 Å². The minimum absolute atomic E-state index is 0.140. The Kier molecular flexibility index (Phi) is 7.12. The Morgan fingerprint density at radius 3 is 2.47 bits per heavy atom. The highest BCUT2D eigenvalue weighted by atomic mass is 79.9. The third kappa shape index (κ3) is 5.40. The lowest BCUT2D eigenvalue weighted by Crippen LogP contribution is -2.18. The van der Waals surface area contributed by atoms with Gasteiger partial charge in [0.05, 0.1) is 22.7 Å². The lowest BCUT2D eigenvalue weighted by molar-refractivity contribution is 0.282. The molecule has 1 N–H and O–H groups in total. The second kappa shape index (κ2) is 9.77. The number of hydrogen-bond donors (Lipinski definition) is 1. The summed E-state index contributed by atoms with van der Waals surface area (Å²) in [5, 5.41) is 3.86. The molecule has 6 nitrogen and oxygen atoms in total. The molecule has 0 saturated heterocycles. The summed E-state index contributed by atoms with van der Waals surface area (Å²) in [4.78, 5) is 2.34. The maximum atomic E-state index is 12.2. The van der Waals surface area contributed by atoms with Gasteiger partial charge in [-0.25, -0.2) is 4.83 Å². The zero-order valence-corrected chi connectivity index (χ0v) is 18.9. The number of rotatable bonds is 8. The van der Waals surface area contributed by atoms with Crippen LogP contribution in [0.25, 0.3) is 0 Å².